The fourth-order valence-electron chi connectivity index (χ4n) is 4.09. The Hall–Kier alpha value is -4.39. The van der Waals surface area contributed by atoms with Crippen LogP contribution in [0.1, 0.15) is 40.5 Å². The van der Waals surface area contributed by atoms with E-state index in [4.69, 9.17) is 4.74 Å². The summed E-state index contributed by atoms with van der Waals surface area (Å²) < 4.78 is 74.7. The first kappa shape index (κ1) is 28.6. The molecule has 4 rings (SSSR count). The number of fused-ring (bicyclic) bond motifs is 1. The summed E-state index contributed by atoms with van der Waals surface area (Å²) in [6.45, 7) is 4.04. The number of hydrogen-bond donors (Lipinski definition) is 3. The number of pyridine rings is 3. The lowest BCUT2D eigenvalue weighted by atomic mass is 10.0. The highest BCUT2D eigenvalue weighted by molar-refractivity contribution is 6.04. The molecule has 0 unspecified atom stereocenters. The number of aromatic nitrogens is 3. The van der Waals surface area contributed by atoms with Gasteiger partial charge in [-0.3, -0.25) is 14.6 Å². The van der Waals surface area contributed by atoms with E-state index in [2.05, 4.69) is 20.3 Å². The molecule has 0 fully saturated rings. The first-order chi connectivity index (χ1) is 18.8. The van der Waals surface area contributed by atoms with Gasteiger partial charge in [0.15, 0.2) is 17.1 Å². The van der Waals surface area contributed by atoms with Crippen LogP contribution in [-0.4, -0.2) is 38.6 Å². The predicted octanol–water partition coefficient (Wildman–Crippen LogP) is 5.19. The van der Waals surface area contributed by atoms with Crippen molar-refractivity contribution in [3.63, 3.8) is 0 Å². The van der Waals surface area contributed by atoms with E-state index in [9.17, 15) is 36.6 Å². The molecule has 1 amide bonds. The minimum absolute atomic E-state index is 0.0879. The molecule has 0 saturated heterocycles. The molecule has 13 heteroatoms. The van der Waals surface area contributed by atoms with Crippen LogP contribution >= 0.6 is 0 Å². The van der Waals surface area contributed by atoms with Gasteiger partial charge in [-0.25, -0.2) is 13.8 Å². The summed E-state index contributed by atoms with van der Waals surface area (Å²) >= 11 is 0. The van der Waals surface area contributed by atoms with Crippen LogP contribution in [0.15, 0.2) is 41.5 Å². The number of aliphatic hydroxyl groups is 1. The molecule has 4 aromatic rings. The summed E-state index contributed by atoms with van der Waals surface area (Å²) in [5.74, 6) is -3.62. The van der Waals surface area contributed by atoms with Crippen LogP contribution in [0.25, 0.3) is 22.2 Å². The predicted molar refractivity (Wildman–Crippen MR) is 135 cm³/mol. The van der Waals surface area contributed by atoms with E-state index in [1.54, 1.807) is 6.92 Å². The second-order valence-corrected chi connectivity index (χ2v) is 9.08. The Bertz CT molecular complexity index is 1670. The molecule has 40 heavy (non-hydrogen) atoms. The average Bonchev–Trinajstić information content (AvgIpc) is 2.87. The van der Waals surface area contributed by atoms with Crippen LogP contribution in [-0.2, 0) is 6.18 Å². The van der Waals surface area contributed by atoms with Crippen LogP contribution in [0.3, 0.4) is 0 Å². The number of nitrogens with zero attached hydrogens (tertiary/aromatic N) is 2. The van der Waals surface area contributed by atoms with E-state index in [-0.39, 0.29) is 57.7 Å². The smallest absolute Gasteiger partial charge is 0.418 e. The van der Waals surface area contributed by atoms with Crippen molar-refractivity contribution in [3.8, 4) is 22.9 Å². The van der Waals surface area contributed by atoms with E-state index < -0.39 is 46.7 Å². The minimum atomic E-state index is -4.80. The van der Waals surface area contributed by atoms with Gasteiger partial charge in [-0.2, -0.15) is 13.2 Å². The average molecular weight is 562 g/mol. The highest BCUT2D eigenvalue weighted by Crippen LogP contribution is 2.41. The Labute approximate surface area is 223 Å². The van der Waals surface area contributed by atoms with Gasteiger partial charge in [0.1, 0.15) is 11.4 Å². The molecule has 1 aromatic carbocycles. The molecule has 0 aliphatic carbocycles. The number of carbonyl (C=O) groups is 1. The third-order valence-electron chi connectivity index (χ3n) is 6.18. The molecule has 1 atom stereocenters. The highest BCUT2D eigenvalue weighted by atomic mass is 19.4. The summed E-state index contributed by atoms with van der Waals surface area (Å²) in [6, 6.07) is 4.24. The number of hydrogen-bond acceptors (Lipinski definition) is 6. The normalized spacial score (nSPS) is 12.4. The first-order valence-electron chi connectivity index (χ1n) is 12.0. The maximum atomic E-state index is 14.1. The monoisotopic (exact) mass is 562 g/mol. The Morgan fingerprint density at radius 2 is 1.88 bits per heavy atom. The van der Waals surface area contributed by atoms with E-state index in [0.717, 1.165) is 25.1 Å². The van der Waals surface area contributed by atoms with Crippen LogP contribution in [0.2, 0.25) is 0 Å². The molecule has 8 nitrogen and oxygen atoms in total. The molecule has 0 radical (unpaired) electrons. The second kappa shape index (κ2) is 11.0. The fourth-order valence-corrected chi connectivity index (χ4v) is 4.09. The molecule has 0 bridgehead atoms. The van der Waals surface area contributed by atoms with Gasteiger partial charge in [0.05, 0.1) is 33.8 Å². The molecule has 3 heterocycles. The number of carbonyl (C=O) groups excluding carboxylic acids is 1. The maximum Gasteiger partial charge on any atom is 0.418 e. The van der Waals surface area contributed by atoms with Gasteiger partial charge in [-0.15, -0.1) is 0 Å². The zero-order chi connectivity index (χ0) is 29.4. The van der Waals surface area contributed by atoms with E-state index in [0.29, 0.717) is 6.20 Å². The van der Waals surface area contributed by atoms with Gasteiger partial charge in [-0.05, 0) is 51.0 Å². The van der Waals surface area contributed by atoms with Gasteiger partial charge in [0, 0.05) is 30.6 Å². The van der Waals surface area contributed by atoms with Crippen LogP contribution in [0, 0.1) is 25.5 Å². The van der Waals surface area contributed by atoms with Crippen molar-refractivity contribution in [3.05, 3.63) is 80.9 Å². The van der Waals surface area contributed by atoms with Crippen molar-refractivity contribution < 1.29 is 36.6 Å². The number of aliphatic hydroxyl groups excluding tert-OH is 1. The number of aromatic amines is 1. The van der Waals surface area contributed by atoms with Crippen molar-refractivity contribution >= 4 is 16.8 Å². The number of nitrogens with one attached hydrogen (secondary N) is 2. The van der Waals surface area contributed by atoms with Crippen LogP contribution in [0.4, 0.5) is 22.0 Å². The Balaban J connectivity index is 1.88. The number of alkyl halides is 3. The summed E-state index contributed by atoms with van der Waals surface area (Å²) in [4.78, 5) is 36.5. The molecular weight excluding hydrogens is 539 g/mol. The van der Waals surface area contributed by atoms with Gasteiger partial charge in [0.2, 0.25) is 5.88 Å². The lowest BCUT2D eigenvalue weighted by molar-refractivity contribution is -0.138. The quantitative estimate of drug-likeness (QED) is 0.267. The molecular formula is C27H23F5N4O4. The zero-order valence-electron chi connectivity index (χ0n) is 21.4. The number of halogens is 5. The van der Waals surface area contributed by atoms with E-state index >= 15 is 0 Å². The van der Waals surface area contributed by atoms with E-state index in [1.165, 1.54) is 19.2 Å². The molecule has 0 spiro atoms. The minimum Gasteiger partial charge on any atom is -0.438 e. The number of ether oxygens (including phenoxy) is 1. The largest absolute Gasteiger partial charge is 0.438 e. The number of amides is 1. The molecule has 0 saturated carbocycles. The molecule has 0 aliphatic rings. The lowest BCUT2D eigenvalue weighted by Crippen LogP contribution is -2.28. The van der Waals surface area contributed by atoms with Crippen LogP contribution < -0.4 is 15.5 Å². The third-order valence-corrected chi connectivity index (χ3v) is 6.18. The Morgan fingerprint density at radius 1 is 1.15 bits per heavy atom. The lowest BCUT2D eigenvalue weighted by Gasteiger charge is -2.18. The summed E-state index contributed by atoms with van der Waals surface area (Å²) in [7, 11) is 0. The first-order valence-corrected chi connectivity index (χ1v) is 12.0. The van der Waals surface area contributed by atoms with Crippen molar-refractivity contribution in [2.75, 3.05) is 6.54 Å². The molecule has 0 aliphatic heterocycles. The SMILES string of the molecule is Cc1c(Oc2ncc(C(F)(F)F)c(C)c2-c2cc(=O)c3c(C(=O)NCC[C@@H](C)O)nccc3[nH]2)ccc(F)c1F. The van der Waals surface area contributed by atoms with Crippen molar-refractivity contribution in [2.24, 2.45) is 0 Å². The maximum absolute atomic E-state index is 14.1. The van der Waals surface area contributed by atoms with Gasteiger partial charge in [-0.1, -0.05) is 0 Å². The Morgan fingerprint density at radius 3 is 2.55 bits per heavy atom. The number of rotatable bonds is 7. The van der Waals surface area contributed by atoms with E-state index in [1.807, 2.05) is 0 Å². The summed E-state index contributed by atoms with van der Waals surface area (Å²) in [5.41, 5.74) is -2.94. The van der Waals surface area contributed by atoms with Crippen molar-refractivity contribution in [1.29, 1.82) is 0 Å². The molecule has 210 valence electrons. The standard InChI is InChI=1S/C27H23F5N4O4/c1-12(37)6-8-34-25(39)24-22-17(7-9-33-24)36-18(10-19(22)38)21-13(2)15(27(30,31)32)11-35-26(21)40-20-5-4-16(28)23(29)14(20)3/h4-5,7,9-12,37H,6,8H2,1-3H3,(H,34,39)(H,36,38)/t12-/m1/s1. The van der Waals surface area contributed by atoms with Crippen LogP contribution in [0.5, 0.6) is 11.6 Å². The van der Waals surface area contributed by atoms with Crippen molar-refractivity contribution in [1.82, 2.24) is 20.3 Å². The summed E-state index contributed by atoms with van der Waals surface area (Å²) in [5, 5.41) is 11.8. The third kappa shape index (κ3) is 5.64. The Kier molecular flexibility index (Phi) is 7.87. The zero-order valence-corrected chi connectivity index (χ0v) is 21.4. The molecule has 3 N–H and O–H groups in total. The second-order valence-electron chi connectivity index (χ2n) is 9.08. The van der Waals surface area contributed by atoms with Gasteiger partial charge >= 0.3 is 6.18 Å². The highest BCUT2D eigenvalue weighted by Gasteiger charge is 2.35. The number of H-pyrrole nitrogens is 1. The number of benzene rings is 1. The van der Waals surface area contributed by atoms with Gasteiger partial charge in [0.25, 0.3) is 5.91 Å². The van der Waals surface area contributed by atoms with Gasteiger partial charge < -0.3 is 20.1 Å². The topological polar surface area (TPSA) is 117 Å². The summed E-state index contributed by atoms with van der Waals surface area (Å²) in [6.07, 6.45) is -3.42. The van der Waals surface area contributed by atoms with Crippen molar-refractivity contribution in [2.45, 2.75) is 39.5 Å². The fraction of sp³-hybridized carbons (Fsp3) is 0.259. The molecule has 3 aromatic heterocycles.